The zero-order chi connectivity index (χ0) is 26.6. The van der Waals surface area contributed by atoms with E-state index in [1.54, 1.807) is 19.9 Å². The lowest BCUT2D eigenvalue weighted by atomic mass is 9.41. The van der Waals surface area contributed by atoms with Crippen molar-refractivity contribution in [2.45, 2.75) is 117 Å². The number of ketones is 1. The second-order valence-electron chi connectivity index (χ2n) is 12.7. The number of hydrogen-bond acceptors (Lipinski definition) is 7. The van der Waals surface area contributed by atoms with E-state index in [1.165, 1.54) is 6.92 Å². The Morgan fingerprint density at radius 3 is 2.37 bits per heavy atom. The number of esters is 2. The molecular formula is C28H44O7. The van der Waals surface area contributed by atoms with Crippen LogP contribution in [0.3, 0.4) is 0 Å². The molecule has 0 aromatic rings. The quantitative estimate of drug-likeness (QED) is 0.434. The Labute approximate surface area is 210 Å². The molecule has 0 radical (unpaired) electrons. The van der Waals surface area contributed by atoms with E-state index in [4.69, 9.17) is 14.2 Å². The van der Waals surface area contributed by atoms with Gasteiger partial charge in [0.2, 0.25) is 0 Å². The minimum absolute atomic E-state index is 0.0628. The van der Waals surface area contributed by atoms with E-state index in [9.17, 15) is 19.5 Å². The average Bonchev–Trinajstić information content (AvgIpc) is 2.71. The summed E-state index contributed by atoms with van der Waals surface area (Å²) in [6.07, 6.45) is 1.11. The van der Waals surface area contributed by atoms with Crippen LogP contribution in [0.1, 0.15) is 87.5 Å². The summed E-state index contributed by atoms with van der Waals surface area (Å²) in [5, 5.41) is 11.5. The smallest absolute Gasteiger partial charge is 0.306 e. The van der Waals surface area contributed by atoms with Crippen LogP contribution in [-0.2, 0) is 28.6 Å². The van der Waals surface area contributed by atoms with Gasteiger partial charge in [-0.25, -0.2) is 0 Å². The number of fused-ring (bicyclic) bond motifs is 3. The SMILES string of the molecule is C=C[C@@]1(C)CC(=O)C2[C@@]3(C)[C@@H](O)CCC(C)(C)[C@@H]3[C@H](OC(=O)CCC(C)C)[C@H](OC(C)=O)[C@@]2(C)O1. The lowest BCUT2D eigenvalue weighted by Crippen LogP contribution is -2.78. The third kappa shape index (κ3) is 4.71. The Balaban J connectivity index is 2.22. The lowest BCUT2D eigenvalue weighted by Gasteiger charge is -2.68. The summed E-state index contributed by atoms with van der Waals surface area (Å²) in [5.41, 5.74) is -3.65. The maximum absolute atomic E-state index is 13.9. The minimum Gasteiger partial charge on any atom is -0.458 e. The first-order chi connectivity index (χ1) is 16.0. The minimum atomic E-state index is -1.33. The van der Waals surface area contributed by atoms with Crippen molar-refractivity contribution in [1.29, 1.82) is 0 Å². The standard InChI is InChI=1S/C28H44O7/c1-10-26(7)15-18(30)22-27(8)19(31)13-14-25(5,6)23(27)21(34-20(32)12-11-16(2)3)24(33-17(4)29)28(22,9)35-26/h10,16,19,21-24,31H,1,11-15H2,2-9H3/t19-,21-,22?,23-,24-,26-,27+,28-/m0/s1. The molecule has 7 nitrogen and oxygen atoms in total. The van der Waals surface area contributed by atoms with Crippen molar-refractivity contribution in [3.05, 3.63) is 12.7 Å². The molecule has 1 unspecified atom stereocenters. The summed E-state index contributed by atoms with van der Waals surface area (Å²) in [6.45, 7) is 18.9. The third-order valence-electron chi connectivity index (χ3n) is 8.90. The van der Waals surface area contributed by atoms with Gasteiger partial charge in [0.25, 0.3) is 0 Å². The van der Waals surface area contributed by atoms with Gasteiger partial charge in [0.05, 0.1) is 17.6 Å². The van der Waals surface area contributed by atoms with Crippen LogP contribution in [0.5, 0.6) is 0 Å². The topological polar surface area (TPSA) is 99.1 Å². The highest BCUT2D eigenvalue weighted by atomic mass is 16.6. The molecule has 0 amide bonds. The van der Waals surface area contributed by atoms with Crippen molar-refractivity contribution in [1.82, 2.24) is 0 Å². The number of carbonyl (C=O) groups excluding carboxylic acids is 3. The summed E-state index contributed by atoms with van der Waals surface area (Å²) in [5.74, 6) is -1.84. The Hall–Kier alpha value is -1.73. The number of aliphatic hydroxyl groups is 1. The predicted molar refractivity (Wildman–Crippen MR) is 131 cm³/mol. The number of carbonyl (C=O) groups is 3. The number of rotatable bonds is 6. The second kappa shape index (κ2) is 9.29. The van der Waals surface area contributed by atoms with Gasteiger partial charge in [0.1, 0.15) is 17.5 Å². The second-order valence-corrected chi connectivity index (χ2v) is 12.7. The van der Waals surface area contributed by atoms with Gasteiger partial charge in [0.15, 0.2) is 6.10 Å². The molecule has 0 aromatic carbocycles. The lowest BCUT2D eigenvalue weighted by molar-refractivity contribution is -0.322. The summed E-state index contributed by atoms with van der Waals surface area (Å²) in [7, 11) is 0. The summed E-state index contributed by atoms with van der Waals surface area (Å²) >= 11 is 0. The summed E-state index contributed by atoms with van der Waals surface area (Å²) in [4.78, 5) is 39.3. The van der Waals surface area contributed by atoms with Gasteiger partial charge < -0.3 is 19.3 Å². The fourth-order valence-electron chi connectivity index (χ4n) is 7.47. The summed E-state index contributed by atoms with van der Waals surface area (Å²) < 4.78 is 18.7. The van der Waals surface area contributed by atoms with Crippen LogP contribution in [0, 0.1) is 28.6 Å². The zero-order valence-electron chi connectivity index (χ0n) is 22.7. The van der Waals surface area contributed by atoms with Gasteiger partial charge in [-0.2, -0.15) is 0 Å². The van der Waals surface area contributed by atoms with Crippen LogP contribution in [-0.4, -0.2) is 52.3 Å². The normalized spacial score (nSPS) is 42.6. The van der Waals surface area contributed by atoms with Crippen LogP contribution in [0.15, 0.2) is 12.7 Å². The van der Waals surface area contributed by atoms with Crippen LogP contribution >= 0.6 is 0 Å². The number of Topliss-reactive ketones (excluding diaryl/α,β-unsaturated/α-hetero) is 1. The van der Waals surface area contributed by atoms with Crippen molar-refractivity contribution in [2.24, 2.45) is 28.6 Å². The maximum atomic E-state index is 13.9. The summed E-state index contributed by atoms with van der Waals surface area (Å²) in [6, 6.07) is 0. The average molecular weight is 493 g/mol. The molecule has 0 spiro atoms. The first kappa shape index (κ1) is 27.9. The van der Waals surface area contributed by atoms with Gasteiger partial charge in [-0.15, -0.1) is 6.58 Å². The highest BCUT2D eigenvalue weighted by Crippen LogP contribution is 2.66. The van der Waals surface area contributed by atoms with Crippen LogP contribution in [0.4, 0.5) is 0 Å². The highest BCUT2D eigenvalue weighted by molar-refractivity contribution is 5.86. The monoisotopic (exact) mass is 492 g/mol. The fourth-order valence-corrected chi connectivity index (χ4v) is 7.47. The fraction of sp³-hybridized carbons (Fsp3) is 0.821. The molecule has 3 aliphatic rings. The molecular weight excluding hydrogens is 448 g/mol. The van der Waals surface area contributed by atoms with Crippen LogP contribution < -0.4 is 0 Å². The van der Waals surface area contributed by atoms with Gasteiger partial charge in [-0.05, 0) is 44.4 Å². The molecule has 1 aliphatic heterocycles. The molecule has 2 aliphatic carbocycles. The first-order valence-electron chi connectivity index (χ1n) is 12.9. The van der Waals surface area contributed by atoms with E-state index >= 15 is 0 Å². The van der Waals surface area contributed by atoms with Gasteiger partial charge in [-0.3, -0.25) is 14.4 Å². The van der Waals surface area contributed by atoms with Crippen molar-refractivity contribution < 1.29 is 33.7 Å². The van der Waals surface area contributed by atoms with Crippen LogP contribution in [0.25, 0.3) is 0 Å². The number of ether oxygens (including phenoxy) is 3. The van der Waals surface area contributed by atoms with Crippen molar-refractivity contribution in [3.63, 3.8) is 0 Å². The maximum Gasteiger partial charge on any atom is 0.306 e. The molecule has 198 valence electrons. The van der Waals surface area contributed by atoms with E-state index in [0.717, 1.165) is 0 Å². The van der Waals surface area contributed by atoms with E-state index < -0.39 is 58.1 Å². The van der Waals surface area contributed by atoms with Gasteiger partial charge >= 0.3 is 11.9 Å². The molecule has 1 heterocycles. The Morgan fingerprint density at radius 1 is 1.20 bits per heavy atom. The van der Waals surface area contributed by atoms with E-state index in [1.807, 2.05) is 20.8 Å². The van der Waals surface area contributed by atoms with Crippen LogP contribution in [0.2, 0.25) is 0 Å². The van der Waals surface area contributed by atoms with E-state index in [2.05, 4.69) is 20.4 Å². The molecule has 7 heteroatoms. The van der Waals surface area contributed by atoms with Crippen molar-refractivity contribution in [2.75, 3.05) is 0 Å². The number of hydrogen-bond donors (Lipinski definition) is 1. The zero-order valence-corrected chi connectivity index (χ0v) is 22.7. The molecule has 1 N–H and O–H groups in total. The molecule has 35 heavy (non-hydrogen) atoms. The first-order valence-corrected chi connectivity index (χ1v) is 12.9. The van der Waals surface area contributed by atoms with E-state index in [-0.39, 0.29) is 24.6 Å². The third-order valence-corrected chi connectivity index (χ3v) is 8.90. The van der Waals surface area contributed by atoms with Gasteiger partial charge in [0, 0.05) is 31.1 Å². The largest absolute Gasteiger partial charge is 0.458 e. The van der Waals surface area contributed by atoms with Gasteiger partial charge in [-0.1, -0.05) is 40.7 Å². The Bertz CT molecular complexity index is 879. The van der Waals surface area contributed by atoms with Crippen molar-refractivity contribution >= 4 is 17.7 Å². The molecule has 3 rings (SSSR count). The number of aliphatic hydroxyl groups excluding tert-OH is 1. The highest BCUT2D eigenvalue weighted by Gasteiger charge is 2.74. The molecule has 1 saturated heterocycles. The Morgan fingerprint density at radius 2 is 1.83 bits per heavy atom. The van der Waals surface area contributed by atoms with Crippen molar-refractivity contribution in [3.8, 4) is 0 Å². The molecule has 0 aromatic heterocycles. The molecule has 0 bridgehead atoms. The molecule has 8 atom stereocenters. The molecule has 2 saturated carbocycles. The predicted octanol–water partition coefficient (Wildman–Crippen LogP) is 4.39. The molecule has 3 fully saturated rings. The Kier molecular flexibility index (Phi) is 7.39. The van der Waals surface area contributed by atoms with E-state index in [0.29, 0.717) is 25.2 Å².